The highest BCUT2D eigenvalue weighted by atomic mass is 15.2. The van der Waals surface area contributed by atoms with Crippen LogP contribution in [0, 0.1) is 5.92 Å². The molecule has 2 N–H and O–H groups in total. The fourth-order valence-electron chi connectivity index (χ4n) is 1.72. The molecule has 2 aliphatic heterocycles. The topological polar surface area (TPSA) is 24.1 Å². The van der Waals surface area contributed by atoms with Crippen molar-refractivity contribution in [2.45, 2.75) is 25.6 Å². The van der Waals surface area contributed by atoms with E-state index >= 15 is 0 Å². The lowest BCUT2D eigenvalue weighted by atomic mass is 10.1. The minimum absolute atomic E-state index is 0.648. The largest absolute Gasteiger partial charge is 0.302 e. The van der Waals surface area contributed by atoms with E-state index in [4.69, 9.17) is 0 Å². The Labute approximate surface area is 49.7 Å². The van der Waals surface area contributed by atoms with E-state index in [0.717, 1.165) is 12.0 Å². The molecule has 2 heterocycles. The maximum atomic E-state index is 3.44. The molecule has 0 aromatic heterocycles. The highest BCUT2D eigenvalue weighted by Crippen LogP contribution is 2.23. The van der Waals surface area contributed by atoms with Gasteiger partial charge in [-0.1, -0.05) is 0 Å². The minimum atomic E-state index is 0.648. The van der Waals surface area contributed by atoms with Crippen LogP contribution in [0.3, 0.4) is 0 Å². The Morgan fingerprint density at radius 1 is 1.50 bits per heavy atom. The maximum absolute atomic E-state index is 3.44. The normalized spacial score (nSPS) is 52.9. The standard InChI is InChI=1S/C6H12N2/c1-4-5-2-6(8-4)7-3-5/h4-8H,2-3H2,1H3. The number of hydrogen-bond acceptors (Lipinski definition) is 2. The van der Waals surface area contributed by atoms with Crippen LogP contribution in [0.5, 0.6) is 0 Å². The molecular weight excluding hydrogens is 100 g/mol. The molecule has 8 heavy (non-hydrogen) atoms. The number of nitrogens with one attached hydrogen (secondary N) is 2. The molecular formula is C6H12N2. The van der Waals surface area contributed by atoms with E-state index < -0.39 is 0 Å². The monoisotopic (exact) mass is 112 g/mol. The predicted octanol–water partition coefficient (Wildman–Crippen LogP) is -0.0863. The van der Waals surface area contributed by atoms with Crippen molar-refractivity contribution in [3.8, 4) is 0 Å². The molecule has 0 amide bonds. The van der Waals surface area contributed by atoms with Gasteiger partial charge in [-0.15, -0.1) is 0 Å². The smallest absolute Gasteiger partial charge is 0.0577 e. The summed E-state index contributed by atoms with van der Waals surface area (Å²) in [5.41, 5.74) is 0. The van der Waals surface area contributed by atoms with Crippen LogP contribution in [0.4, 0.5) is 0 Å². The summed E-state index contributed by atoms with van der Waals surface area (Å²) in [7, 11) is 0. The second-order valence-corrected chi connectivity index (χ2v) is 2.91. The molecule has 2 aliphatic rings. The van der Waals surface area contributed by atoms with Gasteiger partial charge in [-0.2, -0.15) is 0 Å². The van der Waals surface area contributed by atoms with E-state index in [1.165, 1.54) is 13.0 Å². The second kappa shape index (κ2) is 1.45. The molecule has 2 fully saturated rings. The summed E-state index contributed by atoms with van der Waals surface area (Å²) in [5, 5.41) is 6.82. The Kier molecular flexibility index (Phi) is 0.866. The molecule has 0 aromatic carbocycles. The zero-order chi connectivity index (χ0) is 5.56. The number of rotatable bonds is 0. The maximum Gasteiger partial charge on any atom is 0.0577 e. The summed E-state index contributed by atoms with van der Waals surface area (Å²) in [6, 6.07) is 0.765. The van der Waals surface area contributed by atoms with E-state index in [1.807, 2.05) is 0 Å². The van der Waals surface area contributed by atoms with Crippen molar-refractivity contribution in [2.75, 3.05) is 6.54 Å². The van der Waals surface area contributed by atoms with Gasteiger partial charge in [0.05, 0.1) is 6.17 Å². The van der Waals surface area contributed by atoms with Crippen molar-refractivity contribution in [3.63, 3.8) is 0 Å². The fraction of sp³-hybridized carbons (Fsp3) is 1.00. The predicted molar refractivity (Wildman–Crippen MR) is 32.5 cm³/mol. The minimum Gasteiger partial charge on any atom is -0.302 e. The van der Waals surface area contributed by atoms with E-state index in [-0.39, 0.29) is 0 Å². The SMILES string of the molecule is CC1NC2CC1CN2. The molecule has 3 atom stereocenters. The van der Waals surface area contributed by atoms with Crippen molar-refractivity contribution in [1.29, 1.82) is 0 Å². The van der Waals surface area contributed by atoms with Gasteiger partial charge in [0.1, 0.15) is 0 Å². The molecule has 0 aliphatic carbocycles. The molecule has 0 radical (unpaired) electrons. The van der Waals surface area contributed by atoms with Crippen molar-refractivity contribution in [2.24, 2.45) is 5.92 Å². The summed E-state index contributed by atoms with van der Waals surface area (Å²) in [6.07, 6.45) is 2.00. The molecule has 2 nitrogen and oxygen atoms in total. The Balaban J connectivity index is 2.11. The van der Waals surface area contributed by atoms with Gasteiger partial charge in [-0.05, 0) is 19.3 Å². The molecule has 2 heteroatoms. The first-order chi connectivity index (χ1) is 3.86. The van der Waals surface area contributed by atoms with Gasteiger partial charge in [0.2, 0.25) is 0 Å². The quantitative estimate of drug-likeness (QED) is 0.458. The third-order valence-corrected chi connectivity index (χ3v) is 2.34. The lowest BCUT2D eigenvalue weighted by Gasteiger charge is -2.19. The van der Waals surface area contributed by atoms with Crippen molar-refractivity contribution in [1.82, 2.24) is 10.6 Å². The first-order valence-corrected chi connectivity index (χ1v) is 3.36. The molecule has 3 unspecified atom stereocenters. The van der Waals surface area contributed by atoms with Crippen molar-refractivity contribution < 1.29 is 0 Å². The van der Waals surface area contributed by atoms with Gasteiger partial charge in [-0.3, -0.25) is 5.32 Å². The summed E-state index contributed by atoms with van der Waals surface area (Å²) in [4.78, 5) is 0. The van der Waals surface area contributed by atoms with E-state index in [2.05, 4.69) is 17.6 Å². The third-order valence-electron chi connectivity index (χ3n) is 2.34. The van der Waals surface area contributed by atoms with Crippen LogP contribution in [0.1, 0.15) is 13.3 Å². The third kappa shape index (κ3) is 0.501. The van der Waals surface area contributed by atoms with Crippen LogP contribution < -0.4 is 10.6 Å². The van der Waals surface area contributed by atoms with E-state index in [9.17, 15) is 0 Å². The zero-order valence-corrected chi connectivity index (χ0v) is 5.15. The van der Waals surface area contributed by atoms with Crippen LogP contribution in [0.25, 0.3) is 0 Å². The molecule has 2 bridgehead atoms. The van der Waals surface area contributed by atoms with Crippen LogP contribution in [-0.4, -0.2) is 18.8 Å². The van der Waals surface area contributed by atoms with Gasteiger partial charge >= 0.3 is 0 Å². The average Bonchev–Trinajstić information content (AvgIpc) is 2.23. The van der Waals surface area contributed by atoms with E-state index in [1.54, 1.807) is 0 Å². The Bertz CT molecular complexity index is 101. The Morgan fingerprint density at radius 2 is 2.38 bits per heavy atom. The van der Waals surface area contributed by atoms with Gasteiger partial charge in [0.25, 0.3) is 0 Å². The van der Waals surface area contributed by atoms with Crippen LogP contribution in [0.15, 0.2) is 0 Å². The van der Waals surface area contributed by atoms with Crippen molar-refractivity contribution in [3.05, 3.63) is 0 Å². The van der Waals surface area contributed by atoms with Crippen molar-refractivity contribution >= 4 is 0 Å². The summed E-state index contributed by atoms with van der Waals surface area (Å²) in [5.74, 6) is 0.917. The Morgan fingerprint density at radius 3 is 2.62 bits per heavy atom. The highest BCUT2D eigenvalue weighted by molar-refractivity contribution is 4.94. The zero-order valence-electron chi connectivity index (χ0n) is 5.15. The average molecular weight is 112 g/mol. The van der Waals surface area contributed by atoms with Gasteiger partial charge < -0.3 is 5.32 Å². The van der Waals surface area contributed by atoms with Crippen LogP contribution in [-0.2, 0) is 0 Å². The number of fused-ring (bicyclic) bond motifs is 2. The lowest BCUT2D eigenvalue weighted by Crippen LogP contribution is -2.45. The molecule has 0 spiro atoms. The number of hydrogen-bond donors (Lipinski definition) is 2. The molecule has 0 saturated carbocycles. The fourth-order valence-corrected chi connectivity index (χ4v) is 1.72. The molecule has 2 saturated heterocycles. The van der Waals surface area contributed by atoms with E-state index in [0.29, 0.717) is 6.17 Å². The van der Waals surface area contributed by atoms with Crippen LogP contribution in [0.2, 0.25) is 0 Å². The molecule has 2 rings (SSSR count). The first kappa shape index (κ1) is 4.77. The molecule has 46 valence electrons. The summed E-state index contributed by atoms with van der Waals surface area (Å²) >= 11 is 0. The first-order valence-electron chi connectivity index (χ1n) is 3.36. The van der Waals surface area contributed by atoms with Gasteiger partial charge in [0, 0.05) is 12.6 Å². The second-order valence-electron chi connectivity index (χ2n) is 2.91. The summed E-state index contributed by atoms with van der Waals surface area (Å²) < 4.78 is 0. The molecule has 0 aromatic rings. The van der Waals surface area contributed by atoms with Gasteiger partial charge in [-0.25, -0.2) is 0 Å². The van der Waals surface area contributed by atoms with Gasteiger partial charge in [0.15, 0.2) is 0 Å². The Hall–Kier alpha value is -0.0800. The van der Waals surface area contributed by atoms with Crippen LogP contribution >= 0.6 is 0 Å². The highest BCUT2D eigenvalue weighted by Gasteiger charge is 2.35. The summed E-state index contributed by atoms with van der Waals surface area (Å²) in [6.45, 7) is 3.50. The lowest BCUT2D eigenvalue weighted by molar-refractivity contribution is 0.397.